The van der Waals surface area contributed by atoms with Gasteiger partial charge in [-0.05, 0) is 18.3 Å². The molecule has 0 heterocycles. The van der Waals surface area contributed by atoms with E-state index in [1.165, 1.54) is 0 Å². The molecule has 0 spiro atoms. The molecule has 0 bridgehead atoms. The fourth-order valence-electron chi connectivity index (χ4n) is 0.109. The van der Waals surface area contributed by atoms with Crippen LogP contribution in [0.1, 0.15) is 0 Å². The summed E-state index contributed by atoms with van der Waals surface area (Å²) in [6.45, 7) is 0. The van der Waals surface area contributed by atoms with Crippen molar-refractivity contribution in [1.82, 2.24) is 0 Å². The number of hydrogen-bond acceptors (Lipinski definition) is 10. The van der Waals surface area contributed by atoms with E-state index in [-0.39, 0.29) is 31.2 Å². The second-order valence-electron chi connectivity index (χ2n) is 1.16. The Morgan fingerprint density at radius 1 is 0.722 bits per heavy atom. The molecular weight excluding hydrogens is 545 g/mol. The van der Waals surface area contributed by atoms with Crippen LogP contribution in [0.2, 0.25) is 0 Å². The Labute approximate surface area is 133 Å². The Morgan fingerprint density at radius 3 is 0.833 bits per heavy atom. The maximum atomic E-state index is 9.24. The second kappa shape index (κ2) is 20.9. The molecule has 0 fully saturated rings. The molecule has 0 aliphatic carbocycles. The van der Waals surface area contributed by atoms with E-state index in [0.29, 0.717) is 0 Å². The van der Waals surface area contributed by atoms with Crippen molar-refractivity contribution in [2.24, 2.45) is 0 Å². The monoisotopic (exact) mass is 548 g/mol. The Kier molecular flexibility index (Phi) is 32.4. The van der Waals surface area contributed by atoms with E-state index in [1.807, 2.05) is 0 Å². The van der Waals surface area contributed by atoms with Crippen molar-refractivity contribution >= 4 is 56.2 Å². The van der Waals surface area contributed by atoms with Crippen molar-refractivity contribution in [2.45, 2.75) is 0 Å². The molecule has 10 nitrogen and oxygen atoms in total. The molecule has 100 valence electrons. The molecule has 0 N–H and O–H groups in total. The third-order valence-corrected chi connectivity index (χ3v) is 2.40. The zero-order valence-corrected chi connectivity index (χ0v) is 16.5. The first-order valence-electron chi connectivity index (χ1n) is 2.73. The quantitative estimate of drug-likeness (QED) is 0.253. The van der Waals surface area contributed by atoms with Gasteiger partial charge in [-0.1, -0.05) is 0 Å². The van der Waals surface area contributed by atoms with E-state index >= 15 is 0 Å². The summed E-state index contributed by atoms with van der Waals surface area (Å²) in [5.74, 6) is 0. The van der Waals surface area contributed by atoms with Crippen LogP contribution in [0, 0.1) is 0 Å². The first kappa shape index (κ1) is 27.9. The van der Waals surface area contributed by atoms with Gasteiger partial charge in [0.2, 0.25) is 0 Å². The summed E-state index contributed by atoms with van der Waals surface area (Å²) in [6.07, 6.45) is 0. The molecule has 0 aliphatic rings. The number of hydrogen-bond donors (Lipinski definition) is 0. The molecule has 0 aromatic carbocycles. The standard InChI is InChI=1S/CH2Cl2.Hf.2O5P2/c2-1-3;;2*1-6(2)5-7(3)4/h1H2;;;/q;+4;;. The minimum Gasteiger partial charge on any atom is -0.563 e. The molecule has 0 aromatic rings. The van der Waals surface area contributed by atoms with E-state index in [2.05, 4.69) is 8.62 Å². The van der Waals surface area contributed by atoms with Crippen LogP contribution in [0.4, 0.5) is 0 Å². The molecule has 0 radical (unpaired) electrons. The van der Waals surface area contributed by atoms with Gasteiger partial charge in [0.05, 0.1) is 5.34 Å². The molecule has 17 heteroatoms. The molecule has 18 heavy (non-hydrogen) atoms. The molecule has 0 rings (SSSR count). The van der Waals surface area contributed by atoms with Gasteiger partial charge in [-0.2, -0.15) is 0 Å². The van der Waals surface area contributed by atoms with E-state index in [0.717, 1.165) is 0 Å². The van der Waals surface area contributed by atoms with Crippen LogP contribution in [0.25, 0.3) is 0 Å². The molecule has 0 saturated carbocycles. The number of rotatable bonds is 4. The summed E-state index contributed by atoms with van der Waals surface area (Å²) in [6, 6.07) is 0. The van der Waals surface area contributed by atoms with E-state index in [9.17, 15) is 37.8 Å². The van der Waals surface area contributed by atoms with Gasteiger partial charge in [-0.15, -0.1) is 23.2 Å². The van der Waals surface area contributed by atoms with Crippen molar-refractivity contribution in [1.29, 1.82) is 0 Å². The Hall–Kier alpha value is 1.61. The first-order valence-corrected chi connectivity index (χ1v) is 8.18. The van der Waals surface area contributed by atoms with Crippen LogP contribution in [0.15, 0.2) is 0 Å². The van der Waals surface area contributed by atoms with Crippen molar-refractivity contribution < 1.29 is 72.3 Å². The topological polar surface area (TPSA) is 179 Å². The van der Waals surface area contributed by atoms with Crippen LogP contribution in [0.3, 0.4) is 0 Å². The third-order valence-electron chi connectivity index (χ3n) is 0.267. The van der Waals surface area contributed by atoms with Gasteiger partial charge < -0.3 is 19.6 Å². The SMILES string of the molecule is ClCCl.O=[P+]([O-])O[P+](=O)[O-].O=[P+]([O-])O[P+](=O)[O-].[Hf+4]. The first-order chi connectivity index (χ1) is 7.67. The fourth-order valence-corrected chi connectivity index (χ4v) is 0.980. The fraction of sp³-hybridized carbons (Fsp3) is 1.00. The van der Waals surface area contributed by atoms with Gasteiger partial charge in [-0.3, -0.25) is 0 Å². The second-order valence-corrected chi connectivity index (χ2v) is 5.06. The summed E-state index contributed by atoms with van der Waals surface area (Å²) < 4.78 is 43.3. The van der Waals surface area contributed by atoms with Gasteiger partial charge in [0.15, 0.2) is 0 Å². The van der Waals surface area contributed by atoms with Gasteiger partial charge in [-0.25, -0.2) is 0 Å². The largest absolute Gasteiger partial charge is 4.00 e. The van der Waals surface area contributed by atoms with E-state index < -0.39 is 33.0 Å². The van der Waals surface area contributed by atoms with E-state index in [1.54, 1.807) is 0 Å². The van der Waals surface area contributed by atoms with Gasteiger partial charge in [0, 0.05) is 0 Å². The molecule has 4 unspecified atom stereocenters. The number of halogens is 2. The van der Waals surface area contributed by atoms with Crippen LogP contribution in [-0.2, 0) is 52.7 Å². The summed E-state index contributed by atoms with van der Waals surface area (Å²) in [5.41, 5.74) is 0. The minimum atomic E-state index is -3.24. The Balaban J connectivity index is -0.0000000857. The number of alkyl halides is 2. The zero-order valence-electron chi connectivity index (χ0n) is 7.83. The van der Waals surface area contributed by atoms with Gasteiger partial charge in [0.25, 0.3) is 0 Å². The van der Waals surface area contributed by atoms with Crippen LogP contribution < -0.4 is 19.6 Å². The summed E-state index contributed by atoms with van der Waals surface area (Å²) >= 11 is 9.53. The third kappa shape index (κ3) is 52.6. The van der Waals surface area contributed by atoms with Crippen molar-refractivity contribution in [3.8, 4) is 0 Å². The molecular formula is CH2Cl2HfO10P4+4. The predicted molar refractivity (Wildman–Crippen MR) is 49.2 cm³/mol. The van der Waals surface area contributed by atoms with Gasteiger partial charge >= 0.3 is 58.9 Å². The maximum absolute atomic E-state index is 9.24. The molecule has 0 aliphatic heterocycles. The average molecular weight is 547 g/mol. The van der Waals surface area contributed by atoms with Crippen LogP contribution in [-0.4, -0.2) is 5.34 Å². The smallest absolute Gasteiger partial charge is 0.563 e. The summed E-state index contributed by atoms with van der Waals surface area (Å²) in [5, 5.41) is 0.194. The molecule has 0 amide bonds. The zero-order chi connectivity index (χ0) is 14.4. The normalized spacial score (nSPS) is 11.4. The molecule has 0 aromatic heterocycles. The van der Waals surface area contributed by atoms with Crippen LogP contribution >= 0.6 is 56.2 Å². The Morgan fingerprint density at radius 2 is 0.833 bits per heavy atom. The van der Waals surface area contributed by atoms with Gasteiger partial charge in [0.1, 0.15) is 8.62 Å². The van der Waals surface area contributed by atoms with Crippen molar-refractivity contribution in [3.63, 3.8) is 0 Å². The van der Waals surface area contributed by atoms with E-state index in [4.69, 9.17) is 23.2 Å². The summed E-state index contributed by atoms with van der Waals surface area (Å²) in [7, 11) is -12.9. The predicted octanol–water partition coefficient (Wildman–Crippen LogP) is -0.504. The van der Waals surface area contributed by atoms with Crippen molar-refractivity contribution in [2.75, 3.05) is 5.34 Å². The van der Waals surface area contributed by atoms with Crippen molar-refractivity contribution in [3.05, 3.63) is 0 Å². The minimum absolute atomic E-state index is 0. The summed E-state index contributed by atoms with van der Waals surface area (Å²) in [4.78, 5) is 37.0. The van der Waals surface area contributed by atoms with Crippen LogP contribution in [0.5, 0.6) is 0 Å². The average Bonchev–Trinajstić information content (AvgIpc) is 1.99. The molecule has 0 saturated heterocycles. The molecule has 4 atom stereocenters. The Bertz CT molecular complexity index is 223. The maximum Gasteiger partial charge on any atom is 4.00 e.